The molecule has 0 saturated carbocycles. The topological polar surface area (TPSA) is 47.2 Å². The third-order valence-electron chi connectivity index (χ3n) is 4.61. The summed E-state index contributed by atoms with van der Waals surface area (Å²) in [7, 11) is 0. The Labute approximate surface area is 161 Å². The first kappa shape index (κ1) is 20.0. The van der Waals surface area contributed by atoms with Gasteiger partial charge in [-0.05, 0) is 31.0 Å². The molecule has 0 spiro atoms. The van der Waals surface area contributed by atoms with Crippen LogP contribution in [0.1, 0.15) is 53.6 Å². The molecule has 0 unspecified atom stereocenters. The van der Waals surface area contributed by atoms with Gasteiger partial charge in [-0.2, -0.15) is 13.2 Å². The minimum Gasteiger partial charge on any atom is -0.460 e. The maximum Gasteiger partial charge on any atom is 0.416 e. The zero-order valence-electron chi connectivity index (χ0n) is 15.9. The summed E-state index contributed by atoms with van der Waals surface area (Å²) in [6.07, 6.45) is -1.46. The molecule has 1 N–H and O–H groups in total. The number of furan rings is 1. The Morgan fingerprint density at radius 3 is 2.68 bits per heavy atom. The van der Waals surface area contributed by atoms with Crippen LogP contribution >= 0.6 is 0 Å². The van der Waals surface area contributed by atoms with Gasteiger partial charge in [0.15, 0.2) is 5.58 Å². The minimum absolute atomic E-state index is 0.143. The first-order chi connectivity index (χ1) is 13.3. The molecule has 0 saturated heterocycles. The molecule has 0 aliphatic carbocycles. The molecule has 2 aromatic heterocycles. The summed E-state index contributed by atoms with van der Waals surface area (Å²) in [6, 6.07) is 8.59. The number of hydrogen-bond donors (Lipinski definition) is 1. The quantitative estimate of drug-likeness (QED) is 0.538. The number of fused-ring (bicyclic) bond motifs is 1. The van der Waals surface area contributed by atoms with Crippen LogP contribution < -0.4 is 5.32 Å². The number of rotatable bonds is 7. The van der Waals surface area contributed by atoms with E-state index in [1.165, 1.54) is 6.07 Å². The molecule has 0 aliphatic rings. The SMILES string of the molecule is CCCCCNC(=O)c1cc2oc(C)cc2n1Cc1cccc(C(F)(F)F)c1. The number of aryl methyl sites for hydroxylation is 1. The van der Waals surface area contributed by atoms with E-state index in [0.29, 0.717) is 34.7 Å². The number of benzene rings is 1. The average molecular weight is 392 g/mol. The second kappa shape index (κ2) is 8.12. The maximum atomic E-state index is 13.0. The second-order valence-corrected chi connectivity index (χ2v) is 6.88. The summed E-state index contributed by atoms with van der Waals surface area (Å²) in [4.78, 5) is 12.6. The highest BCUT2D eigenvalue weighted by atomic mass is 19.4. The van der Waals surface area contributed by atoms with Gasteiger partial charge in [0.25, 0.3) is 5.91 Å². The van der Waals surface area contributed by atoms with Crippen LogP contribution in [0.15, 0.2) is 40.8 Å². The summed E-state index contributed by atoms with van der Waals surface area (Å²) in [5.74, 6) is 0.421. The van der Waals surface area contributed by atoms with E-state index in [1.54, 1.807) is 29.7 Å². The molecule has 3 aromatic rings. The normalized spacial score (nSPS) is 11.9. The molecule has 1 amide bonds. The van der Waals surface area contributed by atoms with E-state index >= 15 is 0 Å². The summed E-state index contributed by atoms with van der Waals surface area (Å²) in [6.45, 7) is 4.57. The molecule has 2 heterocycles. The number of nitrogens with one attached hydrogen (secondary N) is 1. The Morgan fingerprint density at radius 2 is 1.96 bits per heavy atom. The van der Waals surface area contributed by atoms with Gasteiger partial charge in [-0.15, -0.1) is 0 Å². The molecule has 28 heavy (non-hydrogen) atoms. The van der Waals surface area contributed by atoms with Gasteiger partial charge < -0.3 is 14.3 Å². The number of carbonyl (C=O) groups is 1. The average Bonchev–Trinajstić information content (AvgIpc) is 3.15. The van der Waals surface area contributed by atoms with Crippen LogP contribution in [0.5, 0.6) is 0 Å². The van der Waals surface area contributed by atoms with Crippen LogP contribution in [0.2, 0.25) is 0 Å². The number of hydrogen-bond acceptors (Lipinski definition) is 2. The van der Waals surface area contributed by atoms with Crippen LogP contribution in [0.4, 0.5) is 13.2 Å². The van der Waals surface area contributed by atoms with Crippen LogP contribution in [0, 0.1) is 6.92 Å². The van der Waals surface area contributed by atoms with E-state index in [4.69, 9.17) is 4.42 Å². The number of aromatic nitrogens is 1. The highest BCUT2D eigenvalue weighted by molar-refractivity contribution is 5.97. The van der Waals surface area contributed by atoms with E-state index in [1.807, 2.05) is 0 Å². The van der Waals surface area contributed by atoms with Crippen LogP contribution in [0.3, 0.4) is 0 Å². The van der Waals surface area contributed by atoms with Crippen molar-refractivity contribution >= 4 is 17.0 Å². The Balaban J connectivity index is 1.91. The van der Waals surface area contributed by atoms with Gasteiger partial charge in [0.05, 0.1) is 11.1 Å². The van der Waals surface area contributed by atoms with Crippen molar-refractivity contribution in [2.24, 2.45) is 0 Å². The first-order valence-electron chi connectivity index (χ1n) is 9.33. The van der Waals surface area contributed by atoms with Crippen LogP contribution in [-0.4, -0.2) is 17.0 Å². The van der Waals surface area contributed by atoms with Crippen molar-refractivity contribution in [3.8, 4) is 0 Å². The summed E-state index contributed by atoms with van der Waals surface area (Å²) in [5, 5.41) is 2.88. The highest BCUT2D eigenvalue weighted by Crippen LogP contribution is 2.30. The second-order valence-electron chi connectivity index (χ2n) is 6.88. The number of amides is 1. The molecule has 0 aliphatic heterocycles. The molecular formula is C21H23F3N2O2. The molecule has 7 heteroatoms. The molecule has 0 bridgehead atoms. The fourth-order valence-corrected chi connectivity index (χ4v) is 3.22. The minimum atomic E-state index is -4.41. The van der Waals surface area contributed by atoms with Crippen molar-refractivity contribution in [3.63, 3.8) is 0 Å². The number of halogens is 3. The van der Waals surface area contributed by atoms with Crippen LogP contribution in [0.25, 0.3) is 11.1 Å². The summed E-state index contributed by atoms with van der Waals surface area (Å²) < 4.78 is 46.4. The van der Waals surface area contributed by atoms with E-state index in [0.717, 1.165) is 31.4 Å². The number of carbonyl (C=O) groups excluding carboxylic acids is 1. The Morgan fingerprint density at radius 1 is 1.18 bits per heavy atom. The largest absolute Gasteiger partial charge is 0.460 e. The smallest absolute Gasteiger partial charge is 0.416 e. The Bertz CT molecular complexity index is 970. The lowest BCUT2D eigenvalue weighted by Crippen LogP contribution is -2.27. The Kier molecular flexibility index (Phi) is 5.82. The zero-order chi connectivity index (χ0) is 20.3. The van der Waals surface area contributed by atoms with Gasteiger partial charge in [0.1, 0.15) is 11.5 Å². The van der Waals surface area contributed by atoms with Gasteiger partial charge in [0.2, 0.25) is 0 Å². The molecule has 150 valence electrons. The molecular weight excluding hydrogens is 369 g/mol. The summed E-state index contributed by atoms with van der Waals surface area (Å²) >= 11 is 0. The van der Waals surface area contributed by atoms with Crippen molar-refractivity contribution in [1.29, 1.82) is 0 Å². The number of nitrogens with zero attached hydrogens (tertiary/aromatic N) is 1. The van der Waals surface area contributed by atoms with Gasteiger partial charge in [0, 0.05) is 25.2 Å². The standard InChI is InChI=1S/C21H23F3N2O2/c1-3-4-5-9-25-20(27)18-12-19-17(10-14(2)28-19)26(18)13-15-7-6-8-16(11-15)21(22,23)24/h6-8,10-12H,3-5,9,13H2,1-2H3,(H,25,27). The first-order valence-corrected chi connectivity index (χ1v) is 9.33. The van der Waals surface area contributed by atoms with Gasteiger partial charge in [-0.25, -0.2) is 0 Å². The lowest BCUT2D eigenvalue weighted by Gasteiger charge is -2.13. The van der Waals surface area contributed by atoms with Gasteiger partial charge in [-0.1, -0.05) is 31.9 Å². The molecule has 1 aromatic carbocycles. The third-order valence-corrected chi connectivity index (χ3v) is 4.61. The highest BCUT2D eigenvalue weighted by Gasteiger charge is 2.30. The summed E-state index contributed by atoms with van der Waals surface area (Å²) in [5.41, 5.74) is 1.37. The van der Waals surface area contributed by atoms with Gasteiger partial charge >= 0.3 is 6.18 Å². The molecule has 3 rings (SSSR count). The van der Waals surface area contributed by atoms with Crippen molar-refractivity contribution in [3.05, 3.63) is 59.0 Å². The molecule has 0 atom stereocenters. The third kappa shape index (κ3) is 4.40. The number of unbranched alkanes of at least 4 members (excludes halogenated alkanes) is 2. The van der Waals surface area contributed by atoms with Crippen molar-refractivity contribution in [2.75, 3.05) is 6.54 Å². The molecule has 0 radical (unpaired) electrons. The fourth-order valence-electron chi connectivity index (χ4n) is 3.22. The van der Waals surface area contributed by atoms with Gasteiger partial charge in [-0.3, -0.25) is 4.79 Å². The fraction of sp³-hybridized carbons (Fsp3) is 0.381. The predicted molar refractivity (Wildman–Crippen MR) is 101 cm³/mol. The van der Waals surface area contributed by atoms with E-state index < -0.39 is 11.7 Å². The van der Waals surface area contributed by atoms with Crippen LogP contribution in [-0.2, 0) is 12.7 Å². The number of alkyl halides is 3. The van der Waals surface area contributed by atoms with E-state index in [2.05, 4.69) is 12.2 Å². The maximum absolute atomic E-state index is 13.0. The van der Waals surface area contributed by atoms with Crippen molar-refractivity contribution < 1.29 is 22.4 Å². The van der Waals surface area contributed by atoms with E-state index in [9.17, 15) is 18.0 Å². The van der Waals surface area contributed by atoms with E-state index in [-0.39, 0.29) is 12.5 Å². The molecule has 0 fully saturated rings. The lowest BCUT2D eigenvalue weighted by molar-refractivity contribution is -0.137. The zero-order valence-corrected chi connectivity index (χ0v) is 15.9. The monoisotopic (exact) mass is 392 g/mol. The van der Waals surface area contributed by atoms with Crippen molar-refractivity contribution in [2.45, 2.75) is 45.8 Å². The molecule has 4 nitrogen and oxygen atoms in total. The van der Waals surface area contributed by atoms with Crippen molar-refractivity contribution in [1.82, 2.24) is 9.88 Å². The predicted octanol–water partition coefficient (Wildman–Crippen LogP) is 5.53. The Hall–Kier alpha value is -2.70. The lowest BCUT2D eigenvalue weighted by atomic mass is 10.1.